The van der Waals surface area contributed by atoms with Gasteiger partial charge < -0.3 is 48.4 Å². The van der Waals surface area contributed by atoms with Gasteiger partial charge >= 0.3 is 33.2 Å². The molecule has 0 bridgehead atoms. The van der Waals surface area contributed by atoms with Gasteiger partial charge in [0.05, 0.1) is 33.6 Å². The van der Waals surface area contributed by atoms with E-state index in [1.807, 2.05) is 151 Å². The number of rotatable bonds is 12. The van der Waals surface area contributed by atoms with Gasteiger partial charge in [-0.25, -0.2) is 9.59 Å². The first-order valence-electron chi connectivity index (χ1n) is 25.0. The van der Waals surface area contributed by atoms with Gasteiger partial charge in [0.25, 0.3) is 0 Å². The Morgan fingerprint density at radius 2 is 0.849 bits per heavy atom. The van der Waals surface area contributed by atoms with Gasteiger partial charge in [-0.15, -0.1) is 0 Å². The Balaban J connectivity index is 0.000000292. The second-order valence-corrected chi connectivity index (χ2v) is 22.3. The molecule has 12 nitrogen and oxygen atoms in total. The highest BCUT2D eigenvalue weighted by molar-refractivity contribution is 14.1. The van der Waals surface area contributed by atoms with Crippen molar-refractivity contribution in [1.82, 2.24) is 20.4 Å². The minimum absolute atomic E-state index is 0. The summed E-state index contributed by atoms with van der Waals surface area (Å²) in [5.41, 5.74) is 5.42. The number of halogens is 2. The van der Waals surface area contributed by atoms with Crippen LogP contribution in [0.15, 0.2) is 102 Å². The van der Waals surface area contributed by atoms with Crippen LogP contribution >= 0.6 is 38.5 Å². The molecule has 4 amide bonds. The number of carbonyl (C=O) groups excluding carboxylic acids is 2. The molecular weight excluding hydrogens is 1100 g/mol. The Labute approximate surface area is 463 Å². The van der Waals surface area contributed by atoms with E-state index in [4.69, 9.17) is 27.9 Å². The third-order valence-electron chi connectivity index (χ3n) is 14.4. The standard InChI is InChI=1S/C24H33BN2O3.C18H21BrN2O.C12H24B2O4.CH3I.CH4/c1-7-27(22(28)26-16-19-11-9-8-10-12-19)17-20-15-18(2)13-14-21(20)25-29-23(3,4)24(5,6)30-25;1-3-21(13-16-11-14(2)9-10-17(16)19)18(22)20-12-15-7-5-4-6-8-15;1-9(2)10(3,4)16-13(15-9)14-17-11(5,6)12(7,8)18-14;1-2;/h8-15H,7,16-17H2,1-6H3,(H,26,28);4-11H,3,12-13H2,1-2H3,(H,20,22);1-8H3;1H3;1H4. The van der Waals surface area contributed by atoms with Crippen molar-refractivity contribution in [1.29, 1.82) is 0 Å². The van der Waals surface area contributed by atoms with Crippen LogP contribution in [0.5, 0.6) is 0 Å². The number of benzene rings is 4. The molecule has 17 heteroatoms. The van der Waals surface area contributed by atoms with Gasteiger partial charge in [0, 0.05) is 43.7 Å². The summed E-state index contributed by atoms with van der Waals surface area (Å²) >= 11 is 5.70. The Morgan fingerprint density at radius 1 is 0.521 bits per heavy atom. The lowest BCUT2D eigenvalue weighted by Gasteiger charge is -2.32. The monoisotopic (exact) mass is 1180 g/mol. The largest absolute Gasteiger partial charge is 0.495 e. The first-order valence-corrected chi connectivity index (χ1v) is 28.0. The van der Waals surface area contributed by atoms with Crippen LogP contribution in [0, 0.1) is 13.8 Å². The van der Waals surface area contributed by atoms with E-state index in [-0.39, 0.29) is 41.9 Å². The Bertz CT molecular complexity index is 2300. The molecule has 3 aliphatic heterocycles. The summed E-state index contributed by atoms with van der Waals surface area (Å²) in [6.07, 6.45) is 0. The fourth-order valence-electron chi connectivity index (χ4n) is 7.73. The SMILES string of the molecule is C.CC1(C)OB(B2OC(C)(C)C(C)(C)O2)OC1(C)C.CCN(Cc1cc(C)ccc1B1OC(C)(C)C(C)(C)O1)C(=O)NCc1ccccc1.CCN(Cc1cc(C)ccc1Br)C(=O)NCc1ccccc1.CI. The third kappa shape index (κ3) is 17.0. The maximum atomic E-state index is 12.8. The number of amides is 4. The number of hydrogen-bond acceptors (Lipinski definition) is 8. The molecule has 7 rings (SSSR count). The number of nitrogens with zero attached hydrogens (tertiary/aromatic N) is 2. The number of hydrogen-bond donors (Lipinski definition) is 2. The quantitative estimate of drug-likeness (QED) is 0.0818. The third-order valence-corrected chi connectivity index (χ3v) is 15.2. The summed E-state index contributed by atoms with van der Waals surface area (Å²) in [4.78, 5) is 30.8. The number of aryl methyl sites for hydroxylation is 2. The molecule has 4 aromatic rings. The highest BCUT2D eigenvalue weighted by atomic mass is 127. The van der Waals surface area contributed by atoms with Crippen molar-refractivity contribution in [3.63, 3.8) is 0 Å². The summed E-state index contributed by atoms with van der Waals surface area (Å²) in [5.74, 6) is 0. The summed E-state index contributed by atoms with van der Waals surface area (Å²) in [5, 5.41) is 6.00. The van der Waals surface area contributed by atoms with Crippen LogP contribution in [0.2, 0.25) is 0 Å². The zero-order valence-electron chi connectivity index (χ0n) is 46.1. The maximum absolute atomic E-state index is 12.8. The molecule has 0 aliphatic carbocycles. The van der Waals surface area contributed by atoms with Crippen molar-refractivity contribution >= 4 is 77.2 Å². The average molecular weight is 1180 g/mol. The predicted octanol–water partition coefficient (Wildman–Crippen LogP) is 12.5. The van der Waals surface area contributed by atoms with Crippen LogP contribution in [0.4, 0.5) is 9.59 Å². The lowest BCUT2D eigenvalue weighted by atomic mass is 9.49. The minimum atomic E-state index is -0.476. The molecule has 3 fully saturated rings. The molecule has 0 atom stereocenters. The van der Waals surface area contributed by atoms with Gasteiger partial charge in [-0.1, -0.05) is 148 Å². The van der Waals surface area contributed by atoms with Gasteiger partial charge in [-0.05, 0) is 149 Å². The Hall–Kier alpha value is -3.42. The van der Waals surface area contributed by atoms with E-state index in [2.05, 4.69) is 121 Å². The molecule has 2 N–H and O–H groups in total. The van der Waals surface area contributed by atoms with Crippen molar-refractivity contribution < 1.29 is 37.5 Å². The van der Waals surface area contributed by atoms with E-state index in [1.165, 1.54) is 5.56 Å². The molecule has 0 aromatic heterocycles. The molecule has 0 radical (unpaired) electrons. The van der Waals surface area contributed by atoms with Gasteiger partial charge in [-0.3, -0.25) is 0 Å². The molecule has 4 aromatic carbocycles. The van der Waals surface area contributed by atoms with Gasteiger partial charge in [0.1, 0.15) is 0 Å². The number of nitrogens with one attached hydrogen (secondary N) is 2. The molecule has 0 saturated carbocycles. The Kier molecular flexibility index (Phi) is 23.7. The lowest BCUT2D eigenvalue weighted by molar-refractivity contribution is 0.00578. The highest BCUT2D eigenvalue weighted by Gasteiger charge is 2.63. The van der Waals surface area contributed by atoms with Crippen LogP contribution in [0.1, 0.15) is 138 Å². The van der Waals surface area contributed by atoms with Crippen molar-refractivity contribution in [3.8, 4) is 0 Å². The summed E-state index contributed by atoms with van der Waals surface area (Å²) < 4.78 is 37.4. The number of carbonyl (C=O) groups is 2. The van der Waals surface area contributed by atoms with Crippen molar-refractivity contribution in [2.45, 2.75) is 178 Å². The van der Waals surface area contributed by atoms with Crippen molar-refractivity contribution in [2.75, 3.05) is 18.0 Å². The molecule has 3 heterocycles. The zero-order chi connectivity index (χ0) is 53.9. The van der Waals surface area contributed by atoms with Gasteiger partial charge in [0.2, 0.25) is 0 Å². The average Bonchev–Trinajstić information content (AvgIpc) is 3.80. The smallest absolute Gasteiger partial charge is 0.405 e. The molecule has 3 aliphatic rings. The van der Waals surface area contributed by atoms with E-state index in [1.54, 1.807) is 0 Å². The van der Waals surface area contributed by atoms with Crippen molar-refractivity contribution in [3.05, 3.63) is 135 Å². The van der Waals surface area contributed by atoms with E-state index in [9.17, 15) is 9.59 Å². The number of urea groups is 2. The predicted molar refractivity (Wildman–Crippen MR) is 314 cm³/mol. The van der Waals surface area contributed by atoms with Gasteiger partial charge in [0.15, 0.2) is 0 Å². The van der Waals surface area contributed by atoms with Crippen LogP contribution in [-0.4, -0.2) is 94.6 Å². The molecular formula is C56H85B3BrIN4O8. The second kappa shape index (κ2) is 27.1. The van der Waals surface area contributed by atoms with E-state index < -0.39 is 32.3 Å². The lowest BCUT2D eigenvalue weighted by Crippen LogP contribution is -2.42. The molecule has 0 spiro atoms. The maximum Gasteiger partial charge on any atom is 0.495 e. The second-order valence-electron chi connectivity index (χ2n) is 21.5. The summed E-state index contributed by atoms with van der Waals surface area (Å²) in [7, 11) is -1.40. The fraction of sp³-hybridized carbons (Fsp3) is 0.536. The molecule has 400 valence electrons. The van der Waals surface area contributed by atoms with E-state index in [0.29, 0.717) is 39.3 Å². The van der Waals surface area contributed by atoms with Crippen LogP contribution in [0.3, 0.4) is 0 Å². The zero-order valence-corrected chi connectivity index (χ0v) is 49.9. The number of alkyl halides is 1. The normalized spacial score (nSPS) is 18.1. The molecule has 73 heavy (non-hydrogen) atoms. The van der Waals surface area contributed by atoms with E-state index in [0.717, 1.165) is 37.8 Å². The van der Waals surface area contributed by atoms with Crippen LogP contribution < -0.4 is 16.1 Å². The van der Waals surface area contributed by atoms with Crippen molar-refractivity contribution in [2.24, 2.45) is 0 Å². The molecule has 3 saturated heterocycles. The topological polar surface area (TPSA) is 120 Å². The first-order chi connectivity index (χ1) is 33.6. The summed E-state index contributed by atoms with van der Waals surface area (Å²) in [6.45, 7) is 35.9. The minimum Gasteiger partial charge on any atom is -0.405 e. The van der Waals surface area contributed by atoms with Crippen LogP contribution in [-0.2, 0) is 54.1 Å². The van der Waals surface area contributed by atoms with Crippen LogP contribution in [0.25, 0.3) is 0 Å². The highest BCUT2D eigenvalue weighted by Crippen LogP contribution is 2.43. The fourth-order valence-corrected chi connectivity index (χ4v) is 8.10. The first kappa shape index (κ1) is 63.9. The van der Waals surface area contributed by atoms with Gasteiger partial charge in [-0.2, -0.15) is 0 Å². The Morgan fingerprint density at radius 3 is 1.22 bits per heavy atom. The molecule has 0 unspecified atom stereocenters. The summed E-state index contributed by atoms with van der Waals surface area (Å²) in [6, 6.07) is 32.2. The van der Waals surface area contributed by atoms with E-state index >= 15 is 0 Å².